The molecule has 1 aliphatic carbocycles. The fourth-order valence-electron chi connectivity index (χ4n) is 2.77. The minimum Gasteiger partial charge on any atom is -0.872 e. The van der Waals surface area contributed by atoms with Crippen molar-refractivity contribution in [2.75, 3.05) is 7.11 Å². The first kappa shape index (κ1) is 23.9. The molecule has 0 fully saturated rings. The molecule has 1 aliphatic rings. The zero-order chi connectivity index (χ0) is 21.0. The van der Waals surface area contributed by atoms with Crippen LogP contribution in [0.5, 0.6) is 11.5 Å². The quantitative estimate of drug-likeness (QED) is 0.285. The van der Waals surface area contributed by atoms with E-state index in [0.29, 0.717) is 23.7 Å². The second-order valence-corrected chi connectivity index (χ2v) is 6.51. The van der Waals surface area contributed by atoms with Gasteiger partial charge in [0.15, 0.2) is 0 Å². The molecule has 0 radical (unpaired) electrons. The first-order chi connectivity index (χ1) is 14.8. The number of benzene rings is 2. The maximum absolute atomic E-state index is 12.6. The molecule has 0 aromatic heterocycles. The molecule has 4 heteroatoms. The molecule has 0 heterocycles. The van der Waals surface area contributed by atoms with Gasteiger partial charge in [0, 0.05) is 5.56 Å². The smallest absolute Gasteiger partial charge is 0.872 e. The van der Waals surface area contributed by atoms with Crippen molar-refractivity contribution in [3.8, 4) is 11.5 Å². The fraction of sp³-hybridized carbons (Fsp3) is 0.0741. The van der Waals surface area contributed by atoms with E-state index in [9.17, 15) is 5.11 Å². The summed E-state index contributed by atoms with van der Waals surface area (Å²) < 4.78 is 11.1. The van der Waals surface area contributed by atoms with Gasteiger partial charge in [-0.15, -0.1) is 0 Å². The van der Waals surface area contributed by atoms with E-state index < -0.39 is 0 Å². The van der Waals surface area contributed by atoms with Crippen molar-refractivity contribution < 1.29 is 31.6 Å². The van der Waals surface area contributed by atoms with E-state index in [-0.39, 0.29) is 22.8 Å². The fourth-order valence-corrected chi connectivity index (χ4v) is 2.77. The van der Waals surface area contributed by atoms with Crippen molar-refractivity contribution in [1.82, 2.24) is 0 Å². The molecule has 0 spiro atoms. The average Bonchev–Trinajstić information content (AvgIpc) is 3.54. The summed E-state index contributed by atoms with van der Waals surface area (Å²) in [6.45, 7) is 0.403. The van der Waals surface area contributed by atoms with Gasteiger partial charge >= 0.3 is 17.1 Å². The van der Waals surface area contributed by atoms with E-state index in [4.69, 9.17) is 9.47 Å². The molecule has 3 nitrogen and oxygen atoms in total. The van der Waals surface area contributed by atoms with Gasteiger partial charge in [0.25, 0.3) is 0 Å². The Morgan fingerprint density at radius 1 is 0.968 bits per heavy atom. The van der Waals surface area contributed by atoms with Gasteiger partial charge < -0.3 is 14.6 Å². The van der Waals surface area contributed by atoms with E-state index in [1.54, 1.807) is 37.5 Å². The first-order valence-corrected chi connectivity index (χ1v) is 9.72. The van der Waals surface area contributed by atoms with Crippen LogP contribution < -0.4 is 14.6 Å². The van der Waals surface area contributed by atoms with Gasteiger partial charge in [-0.25, -0.2) is 12.1 Å². The van der Waals surface area contributed by atoms with E-state index in [1.165, 1.54) is 0 Å². The van der Waals surface area contributed by atoms with E-state index in [1.807, 2.05) is 85.0 Å². The molecule has 0 saturated carbocycles. The summed E-state index contributed by atoms with van der Waals surface area (Å²) in [5, 5.41) is 12.6. The Hall–Kier alpha value is -3.33. The minimum absolute atomic E-state index is 0. The van der Waals surface area contributed by atoms with Crippen LogP contribution in [-0.4, -0.2) is 7.11 Å². The molecule has 4 rings (SSSR count). The molecule has 0 N–H and O–H groups in total. The van der Waals surface area contributed by atoms with Crippen LogP contribution >= 0.6 is 0 Å². The summed E-state index contributed by atoms with van der Waals surface area (Å²) >= 11 is 0. The maximum atomic E-state index is 12.6. The van der Waals surface area contributed by atoms with Crippen molar-refractivity contribution in [1.29, 1.82) is 0 Å². The Labute approximate surface area is 194 Å². The Bertz CT molecular complexity index is 998. The zero-order valence-electron chi connectivity index (χ0n) is 17.3. The van der Waals surface area contributed by atoms with Gasteiger partial charge in [0.1, 0.15) is 18.1 Å². The van der Waals surface area contributed by atoms with Gasteiger partial charge in [0.05, 0.1) is 7.11 Å². The third-order valence-electron chi connectivity index (χ3n) is 4.36. The molecule has 3 aromatic rings. The molecular formula is C27H24FeO3. The zero-order valence-corrected chi connectivity index (χ0v) is 18.4. The molecule has 0 aliphatic heterocycles. The van der Waals surface area contributed by atoms with Gasteiger partial charge in [0.2, 0.25) is 0 Å². The third kappa shape index (κ3) is 7.78. The molecule has 0 atom stereocenters. The largest absolute Gasteiger partial charge is 2.00 e. The van der Waals surface area contributed by atoms with Gasteiger partial charge in [-0.05, 0) is 29.3 Å². The number of allylic oxidation sites excluding steroid dienone is 7. The third-order valence-corrected chi connectivity index (χ3v) is 4.36. The van der Waals surface area contributed by atoms with Crippen molar-refractivity contribution in [2.24, 2.45) is 0 Å². The van der Waals surface area contributed by atoms with Crippen LogP contribution in [0.2, 0.25) is 0 Å². The monoisotopic (exact) mass is 452 g/mol. The van der Waals surface area contributed by atoms with Crippen molar-refractivity contribution in [2.45, 2.75) is 6.61 Å². The summed E-state index contributed by atoms with van der Waals surface area (Å²) in [7, 11) is 1.58. The normalized spacial score (nSPS) is 11.9. The number of rotatable bonds is 6. The van der Waals surface area contributed by atoms with E-state index in [0.717, 1.165) is 11.1 Å². The predicted molar refractivity (Wildman–Crippen MR) is 120 cm³/mol. The average molecular weight is 452 g/mol. The second-order valence-electron chi connectivity index (χ2n) is 6.51. The number of hydrogen-bond donors (Lipinski definition) is 0. The standard InChI is InChI=1S/C22H20O3.C5H5.Fe/c1-24-19-12-14-22(25-16-18-9-3-2-4-10-18)20(15-19)21(23)13-11-17-7-5-6-8-17;1-2-4-5-3-1;/h2-15,23H,16H2,1H3;1-5H;/q;-1;+2/p-1/b21-13-;;. The van der Waals surface area contributed by atoms with Crippen molar-refractivity contribution in [3.05, 3.63) is 132 Å². The van der Waals surface area contributed by atoms with Crippen molar-refractivity contribution in [3.63, 3.8) is 0 Å². The number of methoxy groups -OCH3 is 1. The van der Waals surface area contributed by atoms with Gasteiger partial charge in [-0.2, -0.15) is 18.2 Å². The van der Waals surface area contributed by atoms with Crippen LogP contribution in [0.15, 0.2) is 121 Å². The van der Waals surface area contributed by atoms with Crippen LogP contribution in [-0.2, 0) is 23.7 Å². The molecule has 0 bridgehead atoms. The Morgan fingerprint density at radius 2 is 1.68 bits per heavy atom. The maximum Gasteiger partial charge on any atom is 2.00 e. The van der Waals surface area contributed by atoms with Gasteiger partial charge in [-0.1, -0.05) is 72.5 Å². The van der Waals surface area contributed by atoms with Crippen LogP contribution in [0.25, 0.3) is 5.76 Å². The topological polar surface area (TPSA) is 41.5 Å². The number of hydrogen-bond acceptors (Lipinski definition) is 3. The summed E-state index contributed by atoms with van der Waals surface area (Å²) in [5.74, 6) is 1.04. The molecule has 0 unspecified atom stereocenters. The van der Waals surface area contributed by atoms with Crippen LogP contribution in [0, 0.1) is 0 Å². The summed E-state index contributed by atoms with van der Waals surface area (Å²) in [6, 6.07) is 25.1. The Morgan fingerprint density at radius 3 is 2.29 bits per heavy atom. The van der Waals surface area contributed by atoms with E-state index in [2.05, 4.69) is 0 Å². The van der Waals surface area contributed by atoms with Gasteiger partial charge in [-0.3, -0.25) is 0 Å². The SMILES string of the molecule is COc1ccc(OCc2ccccc2)c(/C([O-])=C/C=C2C=CC=C2)c1.[Fe+2].c1cc[cH-]c1. The predicted octanol–water partition coefficient (Wildman–Crippen LogP) is 5.43. The molecule has 3 aromatic carbocycles. The molecule has 0 saturated heterocycles. The first-order valence-electron chi connectivity index (χ1n) is 9.72. The van der Waals surface area contributed by atoms with Crippen LogP contribution in [0.3, 0.4) is 0 Å². The molecular weight excluding hydrogens is 428 g/mol. The summed E-state index contributed by atoms with van der Waals surface area (Å²) in [5.41, 5.74) is 2.52. The minimum atomic E-state index is -0.122. The van der Waals surface area contributed by atoms with Crippen LogP contribution in [0.4, 0.5) is 0 Å². The Balaban J connectivity index is 0.000000501. The molecule has 158 valence electrons. The second kappa shape index (κ2) is 13.1. The van der Waals surface area contributed by atoms with Crippen LogP contribution in [0.1, 0.15) is 11.1 Å². The molecule has 31 heavy (non-hydrogen) atoms. The summed E-state index contributed by atoms with van der Waals surface area (Å²) in [6.07, 6.45) is 11.1. The number of ether oxygens (including phenoxy) is 2. The van der Waals surface area contributed by atoms with Crippen molar-refractivity contribution >= 4 is 5.76 Å². The molecule has 0 amide bonds. The van der Waals surface area contributed by atoms with E-state index >= 15 is 0 Å². The Kier molecular flexibility index (Phi) is 10.1. The summed E-state index contributed by atoms with van der Waals surface area (Å²) in [4.78, 5) is 0.